The molecule has 7 heteroatoms. The molecule has 0 aliphatic rings. The molecule has 0 radical (unpaired) electrons. The highest BCUT2D eigenvalue weighted by molar-refractivity contribution is 6.16. The topological polar surface area (TPSA) is 53.5 Å². The van der Waals surface area contributed by atoms with Gasteiger partial charge in [0.1, 0.15) is 17.2 Å². The minimum Gasteiger partial charge on any atom is -0.338 e. The SMILES string of the molecule is Cc1nn(C)c2c1nc(CCl)n2CCc1nccn1C. The van der Waals surface area contributed by atoms with Crippen LogP contribution in [0, 0.1) is 6.92 Å². The molecule has 0 spiro atoms. The molecule has 0 N–H and O–H groups in total. The fourth-order valence-corrected chi connectivity index (χ4v) is 2.77. The number of aryl methyl sites for hydroxylation is 5. The lowest BCUT2D eigenvalue weighted by atomic mass is 10.4. The van der Waals surface area contributed by atoms with Gasteiger partial charge < -0.3 is 9.13 Å². The van der Waals surface area contributed by atoms with Crippen molar-refractivity contribution in [3.8, 4) is 0 Å². The zero-order chi connectivity index (χ0) is 14.3. The first kappa shape index (κ1) is 13.2. The van der Waals surface area contributed by atoms with Crippen LogP contribution in [0.25, 0.3) is 11.2 Å². The van der Waals surface area contributed by atoms with E-state index in [4.69, 9.17) is 11.6 Å². The third-order valence-corrected chi connectivity index (χ3v) is 3.81. The summed E-state index contributed by atoms with van der Waals surface area (Å²) >= 11 is 6.02. The van der Waals surface area contributed by atoms with Crippen LogP contribution in [0.5, 0.6) is 0 Å². The Bertz CT molecular complexity index is 750. The number of halogens is 1. The van der Waals surface area contributed by atoms with Crippen LogP contribution in [0.1, 0.15) is 17.3 Å². The molecule has 0 bridgehead atoms. The van der Waals surface area contributed by atoms with E-state index in [-0.39, 0.29) is 0 Å². The molecule has 0 amide bonds. The predicted octanol–water partition coefficient (Wildman–Crippen LogP) is 1.79. The molecule has 0 aliphatic carbocycles. The van der Waals surface area contributed by atoms with E-state index < -0.39 is 0 Å². The van der Waals surface area contributed by atoms with Crippen molar-refractivity contribution in [3.63, 3.8) is 0 Å². The van der Waals surface area contributed by atoms with Crippen molar-refractivity contribution in [2.45, 2.75) is 25.8 Å². The first-order valence-electron chi connectivity index (χ1n) is 6.52. The van der Waals surface area contributed by atoms with Crippen molar-refractivity contribution < 1.29 is 0 Å². The van der Waals surface area contributed by atoms with Gasteiger partial charge in [-0.05, 0) is 6.92 Å². The number of hydrogen-bond acceptors (Lipinski definition) is 3. The van der Waals surface area contributed by atoms with E-state index in [2.05, 4.69) is 19.6 Å². The Kier molecular flexibility index (Phi) is 3.25. The summed E-state index contributed by atoms with van der Waals surface area (Å²) in [5.41, 5.74) is 2.89. The molecule has 3 aromatic rings. The summed E-state index contributed by atoms with van der Waals surface area (Å²) in [5, 5.41) is 4.42. The zero-order valence-electron chi connectivity index (χ0n) is 11.8. The maximum Gasteiger partial charge on any atom is 0.158 e. The third kappa shape index (κ3) is 2.00. The van der Waals surface area contributed by atoms with E-state index in [9.17, 15) is 0 Å². The van der Waals surface area contributed by atoms with Crippen LogP contribution < -0.4 is 0 Å². The highest BCUT2D eigenvalue weighted by atomic mass is 35.5. The van der Waals surface area contributed by atoms with Gasteiger partial charge in [-0.15, -0.1) is 11.6 Å². The molecule has 0 atom stereocenters. The van der Waals surface area contributed by atoms with Crippen molar-refractivity contribution in [1.29, 1.82) is 0 Å². The second-order valence-corrected chi connectivity index (χ2v) is 5.17. The van der Waals surface area contributed by atoms with Gasteiger partial charge in [0.2, 0.25) is 0 Å². The summed E-state index contributed by atoms with van der Waals surface area (Å²) in [5.74, 6) is 2.33. The first-order chi connectivity index (χ1) is 9.61. The van der Waals surface area contributed by atoms with E-state index >= 15 is 0 Å². The molecule has 0 aromatic carbocycles. The molecular formula is C13H17ClN6. The fourth-order valence-electron chi connectivity index (χ4n) is 2.57. The van der Waals surface area contributed by atoms with Crippen molar-refractivity contribution in [3.05, 3.63) is 29.7 Å². The minimum absolute atomic E-state index is 0.398. The van der Waals surface area contributed by atoms with Crippen LogP contribution in [0.4, 0.5) is 0 Å². The maximum atomic E-state index is 6.02. The second-order valence-electron chi connectivity index (χ2n) is 4.90. The molecule has 3 aromatic heterocycles. The molecule has 6 nitrogen and oxygen atoms in total. The predicted molar refractivity (Wildman–Crippen MR) is 77.7 cm³/mol. The molecule has 20 heavy (non-hydrogen) atoms. The Morgan fingerprint density at radius 3 is 2.70 bits per heavy atom. The quantitative estimate of drug-likeness (QED) is 0.689. The number of hydrogen-bond donors (Lipinski definition) is 0. The summed E-state index contributed by atoms with van der Waals surface area (Å²) in [4.78, 5) is 8.95. The van der Waals surface area contributed by atoms with Gasteiger partial charge >= 0.3 is 0 Å². The van der Waals surface area contributed by atoms with Gasteiger partial charge in [0.25, 0.3) is 0 Å². The summed E-state index contributed by atoms with van der Waals surface area (Å²) < 4.78 is 6.03. The number of aromatic nitrogens is 6. The zero-order valence-corrected chi connectivity index (χ0v) is 12.6. The number of nitrogens with zero attached hydrogens (tertiary/aromatic N) is 6. The molecule has 106 valence electrons. The molecule has 3 heterocycles. The van der Waals surface area contributed by atoms with Gasteiger partial charge in [-0.25, -0.2) is 9.97 Å². The summed E-state index contributed by atoms with van der Waals surface area (Å²) in [6.07, 6.45) is 4.61. The lowest BCUT2D eigenvalue weighted by Crippen LogP contribution is -2.10. The molecule has 0 aliphatic heterocycles. The molecule has 0 unspecified atom stereocenters. The van der Waals surface area contributed by atoms with Crippen LogP contribution in [0.2, 0.25) is 0 Å². The number of rotatable bonds is 4. The van der Waals surface area contributed by atoms with E-state index in [1.165, 1.54) is 0 Å². The second kappa shape index (κ2) is 4.94. The average molecular weight is 293 g/mol. The molecular weight excluding hydrogens is 276 g/mol. The summed E-state index contributed by atoms with van der Waals surface area (Å²) in [6, 6.07) is 0. The van der Waals surface area contributed by atoms with Gasteiger partial charge in [-0.2, -0.15) is 5.10 Å². The molecule has 0 saturated carbocycles. The van der Waals surface area contributed by atoms with Gasteiger partial charge in [0.05, 0.1) is 11.6 Å². The van der Waals surface area contributed by atoms with E-state index in [0.29, 0.717) is 5.88 Å². The first-order valence-corrected chi connectivity index (χ1v) is 7.06. The van der Waals surface area contributed by atoms with Crippen LogP contribution in [-0.2, 0) is 32.9 Å². The maximum absolute atomic E-state index is 6.02. The Hall–Kier alpha value is -1.82. The summed E-state index contributed by atoms with van der Waals surface area (Å²) in [6.45, 7) is 2.76. The molecule has 0 fully saturated rings. The van der Waals surface area contributed by atoms with E-state index in [1.54, 1.807) is 0 Å². The van der Waals surface area contributed by atoms with Gasteiger partial charge in [0.15, 0.2) is 5.65 Å². The van der Waals surface area contributed by atoms with Crippen molar-refractivity contribution in [2.24, 2.45) is 14.1 Å². The smallest absolute Gasteiger partial charge is 0.158 e. The number of fused-ring (bicyclic) bond motifs is 1. The Labute approximate surface area is 122 Å². The van der Waals surface area contributed by atoms with Gasteiger partial charge in [-0.1, -0.05) is 0 Å². The Balaban J connectivity index is 1.99. The van der Waals surface area contributed by atoms with Crippen LogP contribution in [0.3, 0.4) is 0 Å². The number of imidazole rings is 2. The van der Waals surface area contributed by atoms with E-state index in [1.807, 2.05) is 42.7 Å². The number of alkyl halides is 1. The van der Waals surface area contributed by atoms with Crippen molar-refractivity contribution in [2.75, 3.05) is 0 Å². The largest absolute Gasteiger partial charge is 0.338 e. The summed E-state index contributed by atoms with van der Waals surface area (Å²) in [7, 11) is 3.94. The Morgan fingerprint density at radius 1 is 1.25 bits per heavy atom. The monoisotopic (exact) mass is 292 g/mol. The normalized spacial score (nSPS) is 11.6. The standard InChI is InChI=1S/C13H17ClN6/c1-9-12-13(19(3)17-9)20(11(8-14)16-12)6-4-10-15-5-7-18(10)2/h5,7H,4,6,8H2,1-3H3. The minimum atomic E-state index is 0.398. The Morgan fingerprint density at radius 2 is 2.05 bits per heavy atom. The van der Waals surface area contributed by atoms with Crippen LogP contribution in [-0.4, -0.2) is 28.9 Å². The average Bonchev–Trinajstić information content (AvgIpc) is 3.05. The molecule has 3 rings (SSSR count). The van der Waals surface area contributed by atoms with Gasteiger partial charge in [-0.3, -0.25) is 4.68 Å². The van der Waals surface area contributed by atoms with Crippen LogP contribution in [0.15, 0.2) is 12.4 Å². The highest BCUT2D eigenvalue weighted by Crippen LogP contribution is 2.20. The fraction of sp³-hybridized carbons (Fsp3) is 0.462. The van der Waals surface area contributed by atoms with Gasteiger partial charge in [0, 0.05) is 39.5 Å². The molecule has 0 saturated heterocycles. The lowest BCUT2D eigenvalue weighted by Gasteiger charge is -2.08. The van der Waals surface area contributed by atoms with Crippen molar-refractivity contribution >= 4 is 22.8 Å². The van der Waals surface area contributed by atoms with Crippen LogP contribution >= 0.6 is 11.6 Å². The van der Waals surface area contributed by atoms with E-state index in [0.717, 1.165) is 41.5 Å². The third-order valence-electron chi connectivity index (χ3n) is 3.57. The van der Waals surface area contributed by atoms with Crippen molar-refractivity contribution in [1.82, 2.24) is 28.9 Å². The highest BCUT2D eigenvalue weighted by Gasteiger charge is 2.16. The lowest BCUT2D eigenvalue weighted by molar-refractivity contribution is 0.623.